The van der Waals surface area contributed by atoms with Gasteiger partial charge in [0.05, 0.1) is 17.1 Å². The van der Waals surface area contributed by atoms with Crippen molar-refractivity contribution < 1.29 is 19.4 Å². The third-order valence-electron chi connectivity index (χ3n) is 4.96. The molecule has 0 bridgehead atoms. The quantitative estimate of drug-likeness (QED) is 0.282. The van der Waals surface area contributed by atoms with Gasteiger partial charge in [-0.1, -0.05) is 37.3 Å². The van der Waals surface area contributed by atoms with Gasteiger partial charge in [-0.2, -0.15) is 0 Å². The number of H-pyrrole nitrogens is 1. The summed E-state index contributed by atoms with van der Waals surface area (Å²) in [5.41, 5.74) is 7.94. The molecule has 4 aromatic rings. The van der Waals surface area contributed by atoms with Crippen LogP contribution in [-0.4, -0.2) is 33.2 Å². The molecule has 2 unspecified atom stereocenters. The van der Waals surface area contributed by atoms with Crippen LogP contribution in [0.4, 0.5) is 16.4 Å². The summed E-state index contributed by atoms with van der Waals surface area (Å²) in [5, 5.41) is 16.5. The second-order valence-electron chi connectivity index (χ2n) is 7.28. The number of carbonyl (C=O) groups is 2. The van der Waals surface area contributed by atoms with E-state index in [1.54, 1.807) is 54.6 Å². The van der Waals surface area contributed by atoms with E-state index in [0.29, 0.717) is 27.3 Å². The van der Waals surface area contributed by atoms with E-state index >= 15 is 0 Å². The summed E-state index contributed by atoms with van der Waals surface area (Å²) in [6, 6.07) is 16.3. The predicted octanol–water partition coefficient (Wildman–Crippen LogP) is 3.60. The lowest BCUT2D eigenvalue weighted by Gasteiger charge is -2.23. The Morgan fingerprint density at radius 2 is 1.97 bits per heavy atom. The fourth-order valence-electron chi connectivity index (χ4n) is 3.33. The minimum Gasteiger partial charge on any atom is -0.399 e. The number of thiophene rings is 1. The molecule has 2 amide bonds. The maximum Gasteiger partial charge on any atom is 0.413 e. The molecule has 0 aliphatic rings. The van der Waals surface area contributed by atoms with Gasteiger partial charge in [0, 0.05) is 10.6 Å². The zero-order valence-corrected chi connectivity index (χ0v) is 18.6. The average molecular weight is 466 g/mol. The summed E-state index contributed by atoms with van der Waals surface area (Å²) in [6.45, 7) is 2.01. The normalized spacial score (nSPS) is 12.8. The third kappa shape index (κ3) is 5.30. The molecule has 0 fully saturated rings. The van der Waals surface area contributed by atoms with Crippen molar-refractivity contribution in [1.29, 1.82) is 0 Å². The van der Waals surface area contributed by atoms with Gasteiger partial charge in [0.1, 0.15) is 0 Å². The molecule has 10 heteroatoms. The van der Waals surface area contributed by atoms with E-state index in [1.165, 1.54) is 11.3 Å². The molecule has 0 aliphatic carbocycles. The van der Waals surface area contributed by atoms with E-state index in [1.807, 2.05) is 13.0 Å². The first kappa shape index (κ1) is 22.3. The van der Waals surface area contributed by atoms with Crippen LogP contribution in [0.5, 0.6) is 5.06 Å². The summed E-state index contributed by atoms with van der Waals surface area (Å²) in [7, 11) is 0. The summed E-state index contributed by atoms with van der Waals surface area (Å²) in [6.07, 6.45) is -1.52. The van der Waals surface area contributed by atoms with Gasteiger partial charge in [-0.15, -0.1) is 11.3 Å². The molecule has 0 spiro atoms. The molecule has 170 valence electrons. The third-order valence-corrected chi connectivity index (χ3v) is 6.07. The monoisotopic (exact) mass is 465 g/mol. The Hall–Kier alpha value is -3.89. The topological polar surface area (TPSA) is 142 Å². The zero-order valence-electron chi connectivity index (χ0n) is 17.7. The number of imidazole rings is 1. The molecule has 2 aromatic heterocycles. The number of nitrogens with one attached hydrogen (secondary N) is 3. The number of ether oxygens (including phenoxy) is 1. The highest BCUT2D eigenvalue weighted by molar-refractivity contribution is 7.13. The molecular formula is C23H23N5O4S. The lowest BCUT2D eigenvalue weighted by molar-refractivity contribution is -0.125. The molecule has 33 heavy (non-hydrogen) atoms. The number of fused-ring (bicyclic) bond motifs is 1. The van der Waals surface area contributed by atoms with E-state index in [0.717, 1.165) is 11.3 Å². The van der Waals surface area contributed by atoms with Gasteiger partial charge in [-0.05, 0) is 42.3 Å². The maximum atomic E-state index is 12.8. The standard InChI is InChI=1S/C23H23N5O4S/c1-2-15-9-11-18(33-15)32-23(31)28-19(13-6-4-3-5-7-13)20(29)21(30)25-14-8-10-16-17(12-14)27-22(24)26-16/h3-12,19-20,29H,2H2,1H3,(H,25,30)(H,28,31)(H3,24,26,27). The van der Waals surface area contributed by atoms with Crippen molar-refractivity contribution in [1.82, 2.24) is 15.3 Å². The molecule has 2 atom stereocenters. The fourth-order valence-corrected chi connectivity index (χ4v) is 4.12. The van der Waals surface area contributed by atoms with Crippen LogP contribution in [-0.2, 0) is 11.2 Å². The molecular weight excluding hydrogens is 442 g/mol. The van der Waals surface area contributed by atoms with Crippen LogP contribution in [0.2, 0.25) is 0 Å². The molecule has 6 N–H and O–H groups in total. The number of benzene rings is 2. The number of aromatic amines is 1. The lowest BCUT2D eigenvalue weighted by Crippen LogP contribution is -2.43. The van der Waals surface area contributed by atoms with Crippen molar-refractivity contribution in [2.45, 2.75) is 25.5 Å². The number of aromatic nitrogens is 2. The Morgan fingerprint density at radius 1 is 1.18 bits per heavy atom. The molecule has 2 aromatic carbocycles. The highest BCUT2D eigenvalue weighted by Crippen LogP contribution is 2.26. The smallest absolute Gasteiger partial charge is 0.399 e. The second-order valence-corrected chi connectivity index (χ2v) is 8.42. The van der Waals surface area contributed by atoms with Crippen LogP contribution in [0.3, 0.4) is 0 Å². The molecule has 9 nitrogen and oxygen atoms in total. The summed E-state index contributed by atoms with van der Waals surface area (Å²) in [4.78, 5) is 33.5. The number of aliphatic hydroxyl groups is 1. The predicted molar refractivity (Wildman–Crippen MR) is 127 cm³/mol. The number of nitrogens with zero attached hydrogens (tertiary/aromatic N) is 1. The Labute approximate surface area is 193 Å². The number of aliphatic hydroxyl groups excluding tert-OH is 1. The van der Waals surface area contributed by atoms with Crippen molar-refractivity contribution in [3.05, 3.63) is 71.1 Å². The summed E-state index contributed by atoms with van der Waals surface area (Å²) in [5.74, 6) is -0.433. The molecule has 4 rings (SSSR count). The van der Waals surface area contributed by atoms with Gasteiger partial charge in [-0.3, -0.25) is 4.79 Å². The van der Waals surface area contributed by atoms with E-state index in [9.17, 15) is 14.7 Å². The Kier molecular flexibility index (Phi) is 6.57. The van der Waals surface area contributed by atoms with Gasteiger partial charge in [-0.25, -0.2) is 9.78 Å². The Bertz CT molecular complexity index is 1270. The number of nitrogens with two attached hydrogens (primary N) is 1. The highest BCUT2D eigenvalue weighted by atomic mass is 32.1. The number of rotatable bonds is 7. The molecule has 0 radical (unpaired) electrons. The number of nitrogen functional groups attached to an aromatic ring is 1. The minimum absolute atomic E-state index is 0.261. The molecule has 2 heterocycles. The van der Waals surface area contributed by atoms with E-state index in [-0.39, 0.29) is 5.95 Å². The fraction of sp³-hybridized carbons (Fsp3) is 0.174. The van der Waals surface area contributed by atoms with Crippen LogP contribution in [0.1, 0.15) is 23.4 Å². The van der Waals surface area contributed by atoms with Crippen molar-refractivity contribution in [2.24, 2.45) is 0 Å². The molecule has 0 saturated heterocycles. The first-order chi connectivity index (χ1) is 15.9. The van der Waals surface area contributed by atoms with Gasteiger partial charge in [0.15, 0.2) is 17.1 Å². The van der Waals surface area contributed by atoms with Crippen LogP contribution in [0.15, 0.2) is 60.7 Å². The van der Waals surface area contributed by atoms with E-state index in [4.69, 9.17) is 10.5 Å². The number of aryl methyl sites for hydroxylation is 1. The van der Waals surface area contributed by atoms with Crippen molar-refractivity contribution in [3.8, 4) is 5.06 Å². The van der Waals surface area contributed by atoms with Crippen molar-refractivity contribution in [3.63, 3.8) is 0 Å². The number of hydrogen-bond donors (Lipinski definition) is 5. The summed E-state index contributed by atoms with van der Waals surface area (Å²) < 4.78 is 5.35. The van der Waals surface area contributed by atoms with Gasteiger partial charge in [0.25, 0.3) is 5.91 Å². The van der Waals surface area contributed by atoms with Gasteiger partial charge in [0.2, 0.25) is 0 Å². The Morgan fingerprint density at radius 3 is 2.70 bits per heavy atom. The van der Waals surface area contributed by atoms with Crippen LogP contribution in [0, 0.1) is 0 Å². The summed E-state index contributed by atoms with van der Waals surface area (Å²) >= 11 is 1.36. The number of carbonyl (C=O) groups excluding carboxylic acids is 2. The maximum absolute atomic E-state index is 12.8. The van der Waals surface area contributed by atoms with E-state index < -0.39 is 24.1 Å². The van der Waals surface area contributed by atoms with Gasteiger partial charge < -0.3 is 31.2 Å². The first-order valence-corrected chi connectivity index (χ1v) is 11.1. The number of hydrogen-bond acceptors (Lipinski definition) is 7. The largest absolute Gasteiger partial charge is 0.413 e. The Balaban J connectivity index is 1.50. The van der Waals surface area contributed by atoms with Crippen LogP contribution >= 0.6 is 11.3 Å². The van der Waals surface area contributed by atoms with E-state index in [2.05, 4.69) is 20.6 Å². The molecule has 0 saturated carbocycles. The average Bonchev–Trinajstić information content (AvgIpc) is 3.42. The number of anilines is 2. The van der Waals surface area contributed by atoms with Crippen molar-refractivity contribution >= 4 is 46.0 Å². The van der Waals surface area contributed by atoms with Gasteiger partial charge >= 0.3 is 6.09 Å². The zero-order chi connectivity index (χ0) is 23.4. The molecule has 0 aliphatic heterocycles. The second kappa shape index (κ2) is 9.72. The van der Waals surface area contributed by atoms with Crippen LogP contribution < -0.4 is 21.1 Å². The minimum atomic E-state index is -1.59. The SMILES string of the molecule is CCc1ccc(OC(=O)NC(c2ccccc2)C(O)C(=O)Nc2ccc3nc(N)[nH]c3c2)s1. The van der Waals surface area contributed by atoms with Crippen molar-refractivity contribution in [2.75, 3.05) is 11.1 Å². The highest BCUT2D eigenvalue weighted by Gasteiger charge is 2.30. The first-order valence-electron chi connectivity index (χ1n) is 10.3. The lowest BCUT2D eigenvalue weighted by atomic mass is 10.0. The van der Waals surface area contributed by atoms with Crippen LogP contribution in [0.25, 0.3) is 11.0 Å². The number of amides is 2.